The molecule has 0 radical (unpaired) electrons. The highest BCUT2D eigenvalue weighted by atomic mass is 15.2. The molecule has 2 aliphatic carbocycles. The van der Waals surface area contributed by atoms with Gasteiger partial charge in [-0.1, -0.05) is 13.8 Å². The van der Waals surface area contributed by atoms with Crippen LogP contribution in [-0.2, 0) is 0 Å². The number of hydrogen-bond acceptors (Lipinski definition) is 2. The lowest BCUT2D eigenvalue weighted by molar-refractivity contribution is 0.0935. The molecule has 0 saturated heterocycles. The monoisotopic (exact) mass is 252 g/mol. The van der Waals surface area contributed by atoms with Crippen LogP contribution in [-0.4, -0.2) is 36.6 Å². The number of nitrogens with zero attached hydrogens (tertiary/aromatic N) is 1. The van der Waals surface area contributed by atoms with Crippen molar-refractivity contribution in [1.29, 1.82) is 0 Å². The molecule has 0 aromatic heterocycles. The Bertz CT molecular complexity index is 225. The normalized spacial score (nSPS) is 38.0. The summed E-state index contributed by atoms with van der Waals surface area (Å²) in [5, 5.41) is 3.61. The summed E-state index contributed by atoms with van der Waals surface area (Å²) in [5.41, 5.74) is 0. The lowest BCUT2D eigenvalue weighted by Gasteiger charge is -2.41. The van der Waals surface area contributed by atoms with Crippen LogP contribution in [0.2, 0.25) is 0 Å². The van der Waals surface area contributed by atoms with Crippen LogP contribution in [0.1, 0.15) is 65.2 Å². The van der Waals surface area contributed by atoms with Gasteiger partial charge >= 0.3 is 0 Å². The SMILES string of the molecule is CCNC1CCC(N(C)C2CCC(C)CC2)CC1. The first-order valence-corrected chi connectivity index (χ1v) is 8.16. The minimum absolute atomic E-state index is 0.797. The van der Waals surface area contributed by atoms with Crippen molar-refractivity contribution in [2.75, 3.05) is 13.6 Å². The van der Waals surface area contributed by atoms with Crippen LogP contribution in [0, 0.1) is 5.92 Å². The molecule has 0 amide bonds. The summed E-state index contributed by atoms with van der Waals surface area (Å²) in [6, 6.07) is 2.53. The maximum Gasteiger partial charge on any atom is 0.00963 e. The zero-order chi connectivity index (χ0) is 13.0. The fraction of sp³-hybridized carbons (Fsp3) is 1.00. The molecule has 1 N–H and O–H groups in total. The third-order valence-electron chi connectivity index (χ3n) is 5.33. The average Bonchev–Trinajstić information content (AvgIpc) is 2.40. The highest BCUT2D eigenvalue weighted by Gasteiger charge is 2.29. The highest BCUT2D eigenvalue weighted by Crippen LogP contribution is 2.31. The Kier molecular flexibility index (Phi) is 5.50. The van der Waals surface area contributed by atoms with E-state index in [1.807, 2.05) is 0 Å². The fourth-order valence-corrected chi connectivity index (χ4v) is 3.92. The molecule has 2 nitrogen and oxygen atoms in total. The van der Waals surface area contributed by atoms with Gasteiger partial charge in [-0.25, -0.2) is 0 Å². The van der Waals surface area contributed by atoms with E-state index in [0.717, 1.165) is 30.6 Å². The molecule has 0 aromatic rings. The maximum atomic E-state index is 3.61. The topological polar surface area (TPSA) is 15.3 Å². The van der Waals surface area contributed by atoms with Gasteiger partial charge in [0.15, 0.2) is 0 Å². The van der Waals surface area contributed by atoms with Crippen molar-refractivity contribution < 1.29 is 0 Å². The van der Waals surface area contributed by atoms with Gasteiger partial charge in [0, 0.05) is 18.1 Å². The standard InChI is InChI=1S/C16H32N2/c1-4-17-14-7-11-16(12-8-14)18(3)15-9-5-13(2)6-10-15/h13-17H,4-12H2,1-3H3. The van der Waals surface area contributed by atoms with Crippen LogP contribution in [0.5, 0.6) is 0 Å². The van der Waals surface area contributed by atoms with Crippen LogP contribution in [0.3, 0.4) is 0 Å². The van der Waals surface area contributed by atoms with Crippen molar-refractivity contribution in [3.63, 3.8) is 0 Å². The lowest BCUT2D eigenvalue weighted by atomic mass is 9.84. The Labute approximate surface area is 114 Å². The van der Waals surface area contributed by atoms with Crippen LogP contribution in [0.4, 0.5) is 0 Å². The Balaban J connectivity index is 1.75. The Morgan fingerprint density at radius 3 is 1.89 bits per heavy atom. The van der Waals surface area contributed by atoms with Crippen molar-refractivity contribution in [3.05, 3.63) is 0 Å². The molecule has 18 heavy (non-hydrogen) atoms. The van der Waals surface area contributed by atoms with Crippen LogP contribution < -0.4 is 5.32 Å². The van der Waals surface area contributed by atoms with Gasteiger partial charge in [-0.15, -0.1) is 0 Å². The highest BCUT2D eigenvalue weighted by molar-refractivity contribution is 4.86. The van der Waals surface area contributed by atoms with E-state index in [1.165, 1.54) is 51.4 Å². The van der Waals surface area contributed by atoms with Crippen LogP contribution in [0.25, 0.3) is 0 Å². The summed E-state index contributed by atoms with van der Waals surface area (Å²) in [6.45, 7) is 5.77. The summed E-state index contributed by atoms with van der Waals surface area (Å²) >= 11 is 0. The van der Waals surface area contributed by atoms with Crippen LogP contribution in [0.15, 0.2) is 0 Å². The molecule has 2 saturated carbocycles. The van der Waals surface area contributed by atoms with Gasteiger partial charge in [-0.2, -0.15) is 0 Å². The molecule has 0 bridgehead atoms. The molecule has 2 aliphatic rings. The summed E-state index contributed by atoms with van der Waals surface area (Å²) in [7, 11) is 2.39. The van der Waals surface area contributed by atoms with Gasteiger partial charge in [0.05, 0.1) is 0 Å². The third kappa shape index (κ3) is 3.71. The Morgan fingerprint density at radius 1 is 0.889 bits per heavy atom. The molecule has 0 heterocycles. The maximum absolute atomic E-state index is 3.61. The van der Waals surface area contributed by atoms with Crippen molar-refractivity contribution in [2.45, 2.75) is 83.3 Å². The molecule has 0 unspecified atom stereocenters. The molecule has 0 atom stereocenters. The third-order valence-corrected chi connectivity index (χ3v) is 5.33. The van der Waals surface area contributed by atoms with Crippen molar-refractivity contribution >= 4 is 0 Å². The summed E-state index contributed by atoms with van der Waals surface area (Å²) in [5.74, 6) is 0.971. The van der Waals surface area contributed by atoms with E-state index in [1.54, 1.807) is 0 Å². The fourth-order valence-electron chi connectivity index (χ4n) is 3.92. The molecular formula is C16H32N2. The predicted molar refractivity (Wildman–Crippen MR) is 78.9 cm³/mol. The zero-order valence-corrected chi connectivity index (χ0v) is 12.6. The number of rotatable bonds is 4. The molecule has 2 fully saturated rings. The predicted octanol–water partition coefficient (Wildman–Crippen LogP) is 3.42. The number of hydrogen-bond donors (Lipinski definition) is 1. The summed E-state index contributed by atoms with van der Waals surface area (Å²) in [4.78, 5) is 2.73. The van der Waals surface area contributed by atoms with Gasteiger partial charge in [0.1, 0.15) is 0 Å². The minimum Gasteiger partial charge on any atom is -0.314 e. The van der Waals surface area contributed by atoms with E-state index < -0.39 is 0 Å². The van der Waals surface area contributed by atoms with E-state index in [-0.39, 0.29) is 0 Å². The Morgan fingerprint density at radius 2 is 1.39 bits per heavy atom. The molecule has 2 rings (SSSR count). The van der Waals surface area contributed by atoms with Gasteiger partial charge in [-0.05, 0) is 70.9 Å². The van der Waals surface area contributed by atoms with E-state index >= 15 is 0 Å². The Hall–Kier alpha value is -0.0800. The smallest absolute Gasteiger partial charge is 0.00963 e. The van der Waals surface area contributed by atoms with Gasteiger partial charge in [0.25, 0.3) is 0 Å². The van der Waals surface area contributed by atoms with Crippen molar-refractivity contribution in [3.8, 4) is 0 Å². The summed E-state index contributed by atoms with van der Waals surface area (Å²) < 4.78 is 0. The van der Waals surface area contributed by atoms with Gasteiger partial charge < -0.3 is 10.2 Å². The van der Waals surface area contributed by atoms with Gasteiger partial charge in [0.2, 0.25) is 0 Å². The van der Waals surface area contributed by atoms with Gasteiger partial charge in [-0.3, -0.25) is 0 Å². The van der Waals surface area contributed by atoms with Crippen molar-refractivity contribution in [1.82, 2.24) is 10.2 Å². The second kappa shape index (κ2) is 6.91. The van der Waals surface area contributed by atoms with E-state index in [4.69, 9.17) is 0 Å². The molecule has 0 spiro atoms. The second-order valence-corrected chi connectivity index (χ2v) is 6.64. The lowest BCUT2D eigenvalue weighted by Crippen LogP contribution is -2.46. The molecular weight excluding hydrogens is 220 g/mol. The average molecular weight is 252 g/mol. The summed E-state index contributed by atoms with van der Waals surface area (Å²) in [6.07, 6.45) is 11.3. The van der Waals surface area contributed by atoms with E-state index in [9.17, 15) is 0 Å². The molecule has 2 heteroatoms. The van der Waals surface area contributed by atoms with E-state index in [0.29, 0.717) is 0 Å². The zero-order valence-electron chi connectivity index (χ0n) is 12.6. The quantitative estimate of drug-likeness (QED) is 0.825. The molecule has 0 aliphatic heterocycles. The molecule has 106 valence electrons. The first kappa shape index (κ1) is 14.3. The van der Waals surface area contributed by atoms with E-state index in [2.05, 4.69) is 31.1 Å². The van der Waals surface area contributed by atoms with Crippen LogP contribution >= 0.6 is 0 Å². The first-order chi connectivity index (χ1) is 8.70. The second-order valence-electron chi connectivity index (χ2n) is 6.64. The number of nitrogens with one attached hydrogen (secondary N) is 1. The molecule has 0 aromatic carbocycles. The minimum atomic E-state index is 0.797. The first-order valence-electron chi connectivity index (χ1n) is 8.16. The largest absolute Gasteiger partial charge is 0.314 e. The van der Waals surface area contributed by atoms with Crippen molar-refractivity contribution in [2.24, 2.45) is 5.92 Å².